The number of piperidine rings is 1. The van der Waals surface area contributed by atoms with Crippen molar-refractivity contribution in [1.82, 2.24) is 19.7 Å². The molecule has 3 heterocycles. The van der Waals surface area contributed by atoms with Gasteiger partial charge in [0.05, 0.1) is 5.69 Å². The summed E-state index contributed by atoms with van der Waals surface area (Å²) in [5.41, 5.74) is 6.33. The van der Waals surface area contributed by atoms with Crippen molar-refractivity contribution >= 4 is 11.8 Å². The Morgan fingerprint density at radius 2 is 1.96 bits per heavy atom. The van der Waals surface area contributed by atoms with Crippen molar-refractivity contribution in [3.8, 4) is 11.3 Å². The van der Waals surface area contributed by atoms with Crippen LogP contribution in [0.1, 0.15) is 25.8 Å². The maximum atomic E-state index is 12.8. The Morgan fingerprint density at radius 3 is 2.58 bits per heavy atom. The summed E-state index contributed by atoms with van der Waals surface area (Å²) in [5.74, 6) is -0.706. The highest BCUT2D eigenvalue weighted by atomic mass is 16.2. The molecule has 0 bridgehead atoms. The fourth-order valence-corrected chi connectivity index (χ4v) is 3.12. The molecule has 26 heavy (non-hydrogen) atoms. The topological polar surface area (TPSA) is 111 Å². The van der Waals surface area contributed by atoms with E-state index >= 15 is 0 Å². The molecule has 1 aliphatic heterocycles. The standard InChI is InChI=1S/C18H21N5O3/c1-12(18(26)22-9-6-13(7-10-22)17(19)25)23-16(24)5-4-15(21-23)14-3-2-8-20-11-14/h2-5,8,11-13H,6-7,9-10H2,1H3,(H2,19,25). The van der Waals surface area contributed by atoms with Gasteiger partial charge in [0.25, 0.3) is 5.56 Å². The molecule has 8 heteroatoms. The van der Waals surface area contributed by atoms with Gasteiger partial charge in [-0.15, -0.1) is 0 Å². The lowest BCUT2D eigenvalue weighted by molar-refractivity contribution is -0.137. The Labute approximate surface area is 150 Å². The Morgan fingerprint density at radius 1 is 1.23 bits per heavy atom. The maximum Gasteiger partial charge on any atom is 0.267 e. The first kappa shape index (κ1) is 17.8. The number of rotatable bonds is 4. The largest absolute Gasteiger partial charge is 0.369 e. The van der Waals surface area contributed by atoms with E-state index in [1.165, 1.54) is 10.7 Å². The molecular formula is C18H21N5O3. The first-order chi connectivity index (χ1) is 12.5. The molecule has 2 amide bonds. The summed E-state index contributed by atoms with van der Waals surface area (Å²) in [6.07, 6.45) is 4.40. The molecule has 0 radical (unpaired) electrons. The number of carbonyl (C=O) groups excluding carboxylic acids is 2. The predicted molar refractivity (Wildman–Crippen MR) is 94.9 cm³/mol. The minimum Gasteiger partial charge on any atom is -0.369 e. The normalized spacial score (nSPS) is 16.3. The molecule has 2 aromatic heterocycles. The number of nitrogens with two attached hydrogens (primary N) is 1. The summed E-state index contributed by atoms with van der Waals surface area (Å²) < 4.78 is 1.20. The Kier molecular flexibility index (Phi) is 5.11. The molecule has 1 fully saturated rings. The number of hydrogen-bond acceptors (Lipinski definition) is 5. The second-order valence-corrected chi connectivity index (χ2v) is 6.42. The van der Waals surface area contributed by atoms with Gasteiger partial charge in [-0.2, -0.15) is 5.10 Å². The fourth-order valence-electron chi connectivity index (χ4n) is 3.12. The highest BCUT2D eigenvalue weighted by molar-refractivity contribution is 5.81. The van der Waals surface area contributed by atoms with E-state index in [1.807, 2.05) is 6.07 Å². The average Bonchev–Trinajstić information content (AvgIpc) is 2.68. The molecule has 1 aliphatic rings. The van der Waals surface area contributed by atoms with E-state index in [9.17, 15) is 14.4 Å². The Bertz CT molecular complexity index is 857. The monoisotopic (exact) mass is 355 g/mol. The molecular weight excluding hydrogens is 334 g/mol. The number of aromatic nitrogens is 3. The van der Waals surface area contributed by atoms with Gasteiger partial charge in [-0.05, 0) is 38.0 Å². The average molecular weight is 355 g/mol. The summed E-state index contributed by atoms with van der Waals surface area (Å²) in [5, 5.41) is 4.34. The molecule has 0 aliphatic carbocycles. The first-order valence-electron chi connectivity index (χ1n) is 8.55. The van der Waals surface area contributed by atoms with Crippen LogP contribution >= 0.6 is 0 Å². The van der Waals surface area contributed by atoms with Gasteiger partial charge in [0.1, 0.15) is 6.04 Å². The van der Waals surface area contributed by atoms with Gasteiger partial charge in [0.2, 0.25) is 11.8 Å². The SMILES string of the molecule is CC(C(=O)N1CCC(C(N)=O)CC1)n1nc(-c2cccnc2)ccc1=O. The summed E-state index contributed by atoms with van der Waals surface area (Å²) in [7, 11) is 0. The zero-order valence-electron chi connectivity index (χ0n) is 14.5. The molecule has 2 N–H and O–H groups in total. The van der Waals surface area contributed by atoms with Crippen LogP contribution in [0.3, 0.4) is 0 Å². The molecule has 2 aromatic rings. The van der Waals surface area contributed by atoms with Gasteiger partial charge in [0.15, 0.2) is 0 Å². The number of nitrogens with zero attached hydrogens (tertiary/aromatic N) is 4. The number of carbonyl (C=O) groups is 2. The molecule has 1 saturated heterocycles. The highest BCUT2D eigenvalue weighted by Gasteiger charge is 2.29. The second-order valence-electron chi connectivity index (χ2n) is 6.42. The molecule has 8 nitrogen and oxygen atoms in total. The third kappa shape index (κ3) is 3.63. The predicted octanol–water partition coefficient (Wildman–Crippen LogP) is 0.590. The van der Waals surface area contributed by atoms with E-state index in [1.54, 1.807) is 36.4 Å². The van der Waals surface area contributed by atoms with Crippen molar-refractivity contribution in [2.24, 2.45) is 11.7 Å². The molecule has 0 spiro atoms. The van der Waals surface area contributed by atoms with Crippen LogP contribution < -0.4 is 11.3 Å². The van der Waals surface area contributed by atoms with Crippen molar-refractivity contribution in [3.05, 3.63) is 47.0 Å². The summed E-state index contributed by atoms with van der Waals surface area (Å²) >= 11 is 0. The van der Waals surface area contributed by atoms with E-state index in [0.29, 0.717) is 31.6 Å². The van der Waals surface area contributed by atoms with Crippen LogP contribution in [0.2, 0.25) is 0 Å². The van der Waals surface area contributed by atoms with Crippen LogP contribution in [-0.2, 0) is 9.59 Å². The molecule has 1 atom stereocenters. The van der Waals surface area contributed by atoms with Gasteiger partial charge >= 0.3 is 0 Å². The lowest BCUT2D eigenvalue weighted by Crippen LogP contribution is -2.45. The van der Waals surface area contributed by atoms with E-state index < -0.39 is 6.04 Å². The zero-order chi connectivity index (χ0) is 18.7. The number of amides is 2. The zero-order valence-corrected chi connectivity index (χ0v) is 14.5. The number of hydrogen-bond donors (Lipinski definition) is 1. The van der Waals surface area contributed by atoms with E-state index in [4.69, 9.17) is 5.73 Å². The van der Waals surface area contributed by atoms with Crippen LogP contribution in [0, 0.1) is 5.92 Å². The van der Waals surface area contributed by atoms with Crippen LogP contribution in [-0.4, -0.2) is 44.6 Å². The number of primary amides is 1. The summed E-state index contributed by atoms with van der Waals surface area (Å²) in [4.78, 5) is 42.0. The first-order valence-corrected chi connectivity index (χ1v) is 8.55. The minimum atomic E-state index is -0.732. The maximum absolute atomic E-state index is 12.8. The molecule has 0 aromatic carbocycles. The quantitative estimate of drug-likeness (QED) is 0.863. The van der Waals surface area contributed by atoms with Crippen LogP contribution in [0.4, 0.5) is 0 Å². The fraction of sp³-hybridized carbons (Fsp3) is 0.389. The Balaban J connectivity index is 1.79. The third-order valence-electron chi connectivity index (χ3n) is 4.72. The van der Waals surface area contributed by atoms with Gasteiger partial charge in [-0.25, -0.2) is 4.68 Å². The lowest BCUT2D eigenvalue weighted by Gasteiger charge is -2.32. The summed E-state index contributed by atoms with van der Waals surface area (Å²) in [6, 6.07) is 5.91. The number of pyridine rings is 1. The van der Waals surface area contributed by atoms with E-state index in [2.05, 4.69) is 10.1 Å². The van der Waals surface area contributed by atoms with Crippen molar-refractivity contribution in [1.29, 1.82) is 0 Å². The summed E-state index contributed by atoms with van der Waals surface area (Å²) in [6.45, 7) is 2.56. The highest BCUT2D eigenvalue weighted by Crippen LogP contribution is 2.20. The van der Waals surface area contributed by atoms with Gasteiger partial charge < -0.3 is 10.6 Å². The van der Waals surface area contributed by atoms with E-state index in [0.717, 1.165) is 5.56 Å². The van der Waals surface area contributed by atoms with Crippen LogP contribution in [0.25, 0.3) is 11.3 Å². The second kappa shape index (κ2) is 7.47. The number of likely N-dealkylation sites (tertiary alicyclic amines) is 1. The smallest absolute Gasteiger partial charge is 0.267 e. The minimum absolute atomic E-state index is 0.189. The van der Waals surface area contributed by atoms with Crippen LogP contribution in [0.5, 0.6) is 0 Å². The third-order valence-corrected chi connectivity index (χ3v) is 4.72. The van der Waals surface area contributed by atoms with Gasteiger partial charge in [-0.3, -0.25) is 19.4 Å². The van der Waals surface area contributed by atoms with Crippen molar-refractivity contribution in [3.63, 3.8) is 0 Å². The van der Waals surface area contributed by atoms with Gasteiger partial charge in [0, 0.05) is 43.0 Å². The molecule has 136 valence electrons. The Hall–Kier alpha value is -3.03. The van der Waals surface area contributed by atoms with Crippen molar-refractivity contribution in [2.45, 2.75) is 25.8 Å². The molecule has 1 unspecified atom stereocenters. The van der Waals surface area contributed by atoms with E-state index in [-0.39, 0.29) is 23.3 Å². The van der Waals surface area contributed by atoms with Crippen molar-refractivity contribution in [2.75, 3.05) is 13.1 Å². The lowest BCUT2D eigenvalue weighted by atomic mass is 9.96. The van der Waals surface area contributed by atoms with Crippen LogP contribution in [0.15, 0.2) is 41.5 Å². The molecule has 0 saturated carbocycles. The van der Waals surface area contributed by atoms with Crippen molar-refractivity contribution < 1.29 is 9.59 Å². The molecule has 3 rings (SSSR count). The van der Waals surface area contributed by atoms with Gasteiger partial charge in [-0.1, -0.05) is 0 Å².